The standard InChI is InChI=1S/C26H21ClNOP.ClH/c27-22-18-16-21(17-19-22)26(29)28-20-30(23-10-4-1-5-11-23,24-12-6-2-7-13-24)25-14-8-3-9-15-25;/h1-19H,20H2;1H/p+1. The molecule has 4 aromatic carbocycles. The number of carbonyl (C=O) groups is 1. The summed E-state index contributed by atoms with van der Waals surface area (Å²) in [6, 6.07) is 38.5. The Kier molecular flexibility index (Phi) is 7.87. The molecule has 0 aliphatic carbocycles. The molecule has 2 nitrogen and oxygen atoms in total. The van der Waals surface area contributed by atoms with Gasteiger partial charge in [0.1, 0.15) is 29.5 Å². The highest BCUT2D eigenvalue weighted by molar-refractivity contribution is 7.95. The Morgan fingerprint density at radius 3 is 1.42 bits per heavy atom. The van der Waals surface area contributed by atoms with Crippen molar-refractivity contribution in [1.29, 1.82) is 0 Å². The fraction of sp³-hybridized carbons (Fsp3) is 0.0385. The van der Waals surface area contributed by atoms with E-state index in [1.807, 2.05) is 18.2 Å². The van der Waals surface area contributed by atoms with Crippen molar-refractivity contribution in [3.05, 3.63) is 126 Å². The molecule has 156 valence electrons. The van der Waals surface area contributed by atoms with E-state index in [0.717, 1.165) is 0 Å². The van der Waals surface area contributed by atoms with Crippen molar-refractivity contribution in [2.45, 2.75) is 0 Å². The van der Waals surface area contributed by atoms with Crippen molar-refractivity contribution in [3.63, 3.8) is 0 Å². The van der Waals surface area contributed by atoms with E-state index < -0.39 is 7.26 Å². The van der Waals surface area contributed by atoms with Gasteiger partial charge in [0, 0.05) is 10.6 Å². The number of halogens is 2. The Morgan fingerprint density at radius 2 is 1.03 bits per heavy atom. The lowest BCUT2D eigenvalue weighted by Crippen LogP contribution is -2.39. The first kappa shape index (κ1) is 23.0. The molecule has 0 saturated heterocycles. The van der Waals surface area contributed by atoms with Gasteiger partial charge in [-0.15, -0.1) is 12.4 Å². The maximum Gasteiger partial charge on any atom is 0.254 e. The number of hydrogen-bond donors (Lipinski definition) is 1. The lowest BCUT2D eigenvalue weighted by Gasteiger charge is -2.27. The molecule has 4 aromatic rings. The third-order valence-corrected chi connectivity index (χ3v) is 9.60. The zero-order valence-electron chi connectivity index (χ0n) is 16.8. The Bertz CT molecular complexity index is 1010. The zero-order chi connectivity index (χ0) is 20.8. The van der Waals surface area contributed by atoms with Gasteiger partial charge in [-0.1, -0.05) is 66.2 Å². The Hall–Kier alpha value is -2.64. The van der Waals surface area contributed by atoms with Gasteiger partial charge in [0.2, 0.25) is 0 Å². The van der Waals surface area contributed by atoms with Gasteiger partial charge in [-0.3, -0.25) is 4.79 Å². The van der Waals surface area contributed by atoms with Crippen molar-refractivity contribution in [2.24, 2.45) is 0 Å². The lowest BCUT2D eigenvalue weighted by molar-refractivity contribution is 0.0960. The van der Waals surface area contributed by atoms with E-state index in [1.54, 1.807) is 24.3 Å². The Morgan fingerprint density at radius 1 is 0.645 bits per heavy atom. The highest BCUT2D eigenvalue weighted by Gasteiger charge is 2.45. The number of benzene rings is 4. The van der Waals surface area contributed by atoms with Gasteiger partial charge >= 0.3 is 0 Å². The molecule has 0 atom stereocenters. The minimum atomic E-state index is -2.10. The van der Waals surface area contributed by atoms with Crippen LogP contribution in [0.25, 0.3) is 0 Å². The summed E-state index contributed by atoms with van der Waals surface area (Å²) < 4.78 is 0. The molecule has 0 bridgehead atoms. The van der Waals surface area contributed by atoms with Crippen molar-refractivity contribution >= 4 is 53.1 Å². The molecule has 0 heterocycles. The van der Waals surface area contributed by atoms with Crippen LogP contribution in [0.4, 0.5) is 0 Å². The molecule has 1 amide bonds. The molecule has 0 spiro atoms. The van der Waals surface area contributed by atoms with Crippen molar-refractivity contribution in [1.82, 2.24) is 5.32 Å². The predicted octanol–water partition coefficient (Wildman–Crippen LogP) is 5.44. The summed E-state index contributed by atoms with van der Waals surface area (Å²) in [6.07, 6.45) is 0.534. The van der Waals surface area contributed by atoms with E-state index in [2.05, 4.69) is 78.1 Å². The molecule has 4 rings (SSSR count). The molecule has 0 radical (unpaired) electrons. The van der Waals surface area contributed by atoms with Gasteiger partial charge in [-0.05, 0) is 60.7 Å². The second-order valence-corrected chi connectivity index (χ2v) is 10.9. The Labute approximate surface area is 195 Å². The molecule has 0 aromatic heterocycles. The van der Waals surface area contributed by atoms with Gasteiger partial charge in [-0.2, -0.15) is 0 Å². The van der Waals surface area contributed by atoms with Crippen LogP contribution in [0.3, 0.4) is 0 Å². The highest BCUT2D eigenvalue weighted by Crippen LogP contribution is 2.54. The van der Waals surface area contributed by atoms with Gasteiger partial charge in [0.25, 0.3) is 5.91 Å². The van der Waals surface area contributed by atoms with Gasteiger partial charge in [0.05, 0.1) is 0 Å². The molecular weight excluding hydrogens is 444 g/mol. The highest BCUT2D eigenvalue weighted by atomic mass is 35.5. The van der Waals surface area contributed by atoms with Crippen molar-refractivity contribution in [2.75, 3.05) is 6.29 Å². The monoisotopic (exact) mass is 466 g/mol. The van der Waals surface area contributed by atoms with Gasteiger partial charge in [-0.25, -0.2) is 0 Å². The number of hydrogen-bond acceptors (Lipinski definition) is 1. The average molecular weight is 467 g/mol. The van der Waals surface area contributed by atoms with Crippen LogP contribution in [0.15, 0.2) is 115 Å². The smallest absolute Gasteiger partial charge is 0.254 e. The van der Waals surface area contributed by atoms with Crippen molar-refractivity contribution < 1.29 is 4.79 Å². The predicted molar refractivity (Wildman–Crippen MR) is 136 cm³/mol. The van der Waals surface area contributed by atoms with Crippen LogP contribution in [-0.2, 0) is 0 Å². The summed E-state index contributed by atoms with van der Waals surface area (Å²) in [6.45, 7) is 0. The third-order valence-electron chi connectivity index (χ3n) is 5.17. The van der Waals surface area contributed by atoms with Crippen molar-refractivity contribution in [3.8, 4) is 0 Å². The zero-order valence-corrected chi connectivity index (χ0v) is 19.3. The summed E-state index contributed by atoms with van der Waals surface area (Å²) in [5.41, 5.74) is 0.603. The van der Waals surface area contributed by atoms with Crippen LogP contribution in [-0.4, -0.2) is 12.2 Å². The minimum Gasteiger partial charge on any atom is -0.319 e. The molecule has 0 unspecified atom stereocenters. The number of carbonyl (C=O) groups excluding carboxylic acids is 1. The van der Waals surface area contributed by atoms with Crippen LogP contribution in [0, 0.1) is 0 Å². The first-order chi connectivity index (χ1) is 14.7. The van der Waals surface area contributed by atoms with Crippen LogP contribution >= 0.6 is 31.3 Å². The molecule has 0 aliphatic rings. The fourth-order valence-corrected chi connectivity index (χ4v) is 7.65. The normalized spacial score (nSPS) is 10.7. The fourth-order valence-electron chi connectivity index (χ4n) is 3.66. The van der Waals surface area contributed by atoms with Gasteiger partial charge in [0.15, 0.2) is 0 Å². The SMILES string of the molecule is Cl.O=C(NC[P+](c1ccccc1)(c1ccccc1)c1ccccc1)c1ccc(Cl)cc1. The summed E-state index contributed by atoms with van der Waals surface area (Å²) in [7, 11) is -2.10. The minimum absolute atomic E-state index is 0. The number of nitrogens with one attached hydrogen (secondary N) is 1. The first-order valence-electron chi connectivity index (χ1n) is 9.79. The lowest BCUT2D eigenvalue weighted by atomic mass is 10.2. The molecule has 0 saturated carbocycles. The second-order valence-electron chi connectivity index (χ2n) is 6.99. The summed E-state index contributed by atoms with van der Waals surface area (Å²) in [5.74, 6) is -0.0983. The largest absolute Gasteiger partial charge is 0.319 e. The molecule has 0 fully saturated rings. The average Bonchev–Trinajstić information content (AvgIpc) is 2.82. The molecular formula is C26H23Cl2NOP+. The maximum absolute atomic E-state index is 13.0. The molecule has 0 aliphatic heterocycles. The quantitative estimate of drug-likeness (QED) is 0.376. The first-order valence-corrected chi connectivity index (χ1v) is 12.1. The molecule has 5 heteroatoms. The van der Waals surface area contributed by atoms with Crippen LogP contribution < -0.4 is 21.2 Å². The number of amides is 1. The van der Waals surface area contributed by atoms with Crippen LogP contribution in [0.5, 0.6) is 0 Å². The van der Waals surface area contributed by atoms with E-state index in [-0.39, 0.29) is 18.3 Å². The van der Waals surface area contributed by atoms with Crippen LogP contribution in [0.1, 0.15) is 10.4 Å². The summed E-state index contributed by atoms with van der Waals surface area (Å²) >= 11 is 5.98. The van der Waals surface area contributed by atoms with Gasteiger partial charge < -0.3 is 5.32 Å². The van der Waals surface area contributed by atoms with E-state index >= 15 is 0 Å². The maximum atomic E-state index is 13.0. The summed E-state index contributed by atoms with van der Waals surface area (Å²) in [4.78, 5) is 13.0. The molecule has 1 N–H and O–H groups in total. The van der Waals surface area contributed by atoms with E-state index in [0.29, 0.717) is 16.9 Å². The summed E-state index contributed by atoms with van der Waals surface area (Å²) in [5, 5.41) is 7.54. The second kappa shape index (κ2) is 10.6. The van der Waals surface area contributed by atoms with E-state index in [4.69, 9.17) is 11.6 Å². The topological polar surface area (TPSA) is 29.1 Å². The number of rotatable bonds is 6. The molecule has 31 heavy (non-hydrogen) atoms. The van der Waals surface area contributed by atoms with Crippen LogP contribution in [0.2, 0.25) is 5.02 Å². The Balaban J connectivity index is 0.00000272. The third kappa shape index (κ3) is 4.99. The van der Waals surface area contributed by atoms with E-state index in [1.165, 1.54) is 15.9 Å². The van der Waals surface area contributed by atoms with E-state index in [9.17, 15) is 4.79 Å².